The number of rotatable bonds is 13. The molecule has 0 aromatic heterocycles. The highest BCUT2D eigenvalue weighted by atomic mass is 16.6. The van der Waals surface area contributed by atoms with Gasteiger partial charge in [-0.1, -0.05) is 75.3 Å². The zero-order valence-corrected chi connectivity index (χ0v) is 15.1. The van der Waals surface area contributed by atoms with E-state index in [2.05, 4.69) is 0 Å². The number of unbranched alkanes of at least 4 members (excludes halogenated alkanes) is 8. The van der Waals surface area contributed by atoms with Crippen LogP contribution in [0, 0.1) is 0 Å². The van der Waals surface area contributed by atoms with Crippen molar-refractivity contribution in [1.29, 1.82) is 0 Å². The van der Waals surface area contributed by atoms with E-state index in [0.29, 0.717) is 13.2 Å². The van der Waals surface area contributed by atoms with E-state index in [0.717, 1.165) is 37.8 Å². The molecule has 0 aliphatic rings. The van der Waals surface area contributed by atoms with Crippen LogP contribution >= 0.6 is 0 Å². The molecule has 0 bridgehead atoms. The summed E-state index contributed by atoms with van der Waals surface area (Å²) in [7, 11) is 1.80. The number of carbonyl (C=O) groups is 1. The highest BCUT2D eigenvalue weighted by molar-refractivity contribution is 5.67. The second-order valence-electron chi connectivity index (χ2n) is 6.37. The lowest BCUT2D eigenvalue weighted by Crippen LogP contribution is -2.28. The first-order valence-corrected chi connectivity index (χ1v) is 9.26. The molecule has 1 aromatic rings. The Labute approximate surface area is 146 Å². The Hall–Kier alpha value is -1.55. The molecule has 0 radical (unpaired) electrons. The topological polar surface area (TPSA) is 49.8 Å². The van der Waals surface area contributed by atoms with Gasteiger partial charge in [0.25, 0.3) is 0 Å². The molecular formula is C20H33NO3. The maximum atomic E-state index is 11.9. The van der Waals surface area contributed by atoms with E-state index in [1.54, 1.807) is 11.9 Å². The van der Waals surface area contributed by atoms with Gasteiger partial charge in [0.1, 0.15) is 6.61 Å². The predicted octanol–water partition coefficient (Wildman–Crippen LogP) is 4.76. The van der Waals surface area contributed by atoms with Crippen LogP contribution in [0.5, 0.6) is 0 Å². The molecule has 0 saturated heterocycles. The van der Waals surface area contributed by atoms with E-state index in [1.165, 1.54) is 32.1 Å². The Balaban J connectivity index is 1.95. The normalized spacial score (nSPS) is 10.6. The summed E-state index contributed by atoms with van der Waals surface area (Å²) < 4.78 is 5.30. The van der Waals surface area contributed by atoms with Gasteiger partial charge in [0.15, 0.2) is 0 Å². The quantitative estimate of drug-likeness (QED) is 0.529. The standard InChI is InChI=1S/C20H33NO3/c1-21(20(23)24-18-19-14-10-9-11-15-19)16-12-7-5-3-2-4-6-8-13-17-22/h9-11,14-15,22H,2-8,12-13,16-18H2,1H3. The molecule has 4 nitrogen and oxygen atoms in total. The number of benzene rings is 1. The first-order chi connectivity index (χ1) is 11.7. The molecule has 0 saturated carbocycles. The Bertz CT molecular complexity index is 422. The van der Waals surface area contributed by atoms with Crippen molar-refractivity contribution in [2.75, 3.05) is 20.2 Å². The maximum Gasteiger partial charge on any atom is 0.409 e. The molecule has 0 heterocycles. The lowest BCUT2D eigenvalue weighted by Gasteiger charge is -2.16. The van der Waals surface area contributed by atoms with E-state index < -0.39 is 0 Å². The maximum absolute atomic E-state index is 11.9. The monoisotopic (exact) mass is 335 g/mol. The molecular weight excluding hydrogens is 302 g/mol. The number of carbonyl (C=O) groups excluding carboxylic acids is 1. The summed E-state index contributed by atoms with van der Waals surface area (Å²) in [4.78, 5) is 13.6. The predicted molar refractivity (Wildman–Crippen MR) is 97.9 cm³/mol. The van der Waals surface area contributed by atoms with Crippen molar-refractivity contribution < 1.29 is 14.6 Å². The van der Waals surface area contributed by atoms with Gasteiger partial charge in [0, 0.05) is 20.2 Å². The number of aliphatic hydroxyl groups excluding tert-OH is 1. The number of hydrogen-bond acceptors (Lipinski definition) is 3. The Morgan fingerprint density at radius 2 is 1.46 bits per heavy atom. The fourth-order valence-electron chi connectivity index (χ4n) is 2.62. The summed E-state index contributed by atoms with van der Waals surface area (Å²) in [6.45, 7) is 1.41. The summed E-state index contributed by atoms with van der Waals surface area (Å²) in [6.07, 6.45) is 10.3. The molecule has 0 unspecified atom stereocenters. The highest BCUT2D eigenvalue weighted by Gasteiger charge is 2.09. The molecule has 24 heavy (non-hydrogen) atoms. The lowest BCUT2D eigenvalue weighted by atomic mass is 10.1. The number of nitrogens with zero attached hydrogens (tertiary/aromatic N) is 1. The molecule has 1 N–H and O–H groups in total. The van der Waals surface area contributed by atoms with Crippen LogP contribution in [0.4, 0.5) is 4.79 Å². The van der Waals surface area contributed by atoms with Crippen LogP contribution in [0.2, 0.25) is 0 Å². The van der Waals surface area contributed by atoms with Gasteiger partial charge in [-0.2, -0.15) is 0 Å². The van der Waals surface area contributed by atoms with Crippen molar-refractivity contribution >= 4 is 6.09 Å². The highest BCUT2D eigenvalue weighted by Crippen LogP contribution is 2.10. The molecule has 1 rings (SSSR count). The van der Waals surface area contributed by atoms with Gasteiger partial charge in [0.2, 0.25) is 0 Å². The SMILES string of the molecule is CN(CCCCCCCCCCCO)C(=O)OCc1ccccc1. The van der Waals surface area contributed by atoms with E-state index in [1.807, 2.05) is 30.3 Å². The first-order valence-electron chi connectivity index (χ1n) is 9.26. The van der Waals surface area contributed by atoms with Crippen LogP contribution in [0.25, 0.3) is 0 Å². The summed E-state index contributed by atoms with van der Waals surface area (Å²) in [5.74, 6) is 0. The molecule has 0 aliphatic heterocycles. The molecule has 1 aromatic carbocycles. The third-order valence-corrected chi connectivity index (χ3v) is 4.17. The van der Waals surface area contributed by atoms with Crippen molar-refractivity contribution in [1.82, 2.24) is 4.90 Å². The third-order valence-electron chi connectivity index (χ3n) is 4.17. The second kappa shape index (κ2) is 13.8. The summed E-state index contributed by atoms with van der Waals surface area (Å²) >= 11 is 0. The Morgan fingerprint density at radius 3 is 2.04 bits per heavy atom. The number of hydrogen-bond donors (Lipinski definition) is 1. The Kier molecular flexibility index (Phi) is 11.8. The van der Waals surface area contributed by atoms with Crippen molar-refractivity contribution in [3.8, 4) is 0 Å². The lowest BCUT2D eigenvalue weighted by molar-refractivity contribution is 0.104. The number of aliphatic hydroxyl groups is 1. The summed E-state index contributed by atoms with van der Waals surface area (Å²) in [5.41, 5.74) is 1.01. The van der Waals surface area contributed by atoms with E-state index >= 15 is 0 Å². The van der Waals surface area contributed by atoms with Crippen molar-refractivity contribution in [2.24, 2.45) is 0 Å². The van der Waals surface area contributed by atoms with Crippen LogP contribution in [0.15, 0.2) is 30.3 Å². The average Bonchev–Trinajstić information content (AvgIpc) is 2.62. The Morgan fingerprint density at radius 1 is 0.917 bits per heavy atom. The van der Waals surface area contributed by atoms with Gasteiger partial charge < -0.3 is 14.7 Å². The van der Waals surface area contributed by atoms with Gasteiger partial charge in [-0.3, -0.25) is 0 Å². The van der Waals surface area contributed by atoms with Crippen molar-refractivity contribution in [3.63, 3.8) is 0 Å². The van der Waals surface area contributed by atoms with Gasteiger partial charge in [-0.15, -0.1) is 0 Å². The van der Waals surface area contributed by atoms with E-state index in [9.17, 15) is 4.79 Å². The van der Waals surface area contributed by atoms with E-state index in [4.69, 9.17) is 9.84 Å². The minimum atomic E-state index is -0.247. The summed E-state index contributed by atoms with van der Waals surface area (Å²) in [5, 5.41) is 8.70. The summed E-state index contributed by atoms with van der Waals surface area (Å²) in [6, 6.07) is 9.75. The largest absolute Gasteiger partial charge is 0.445 e. The fourth-order valence-corrected chi connectivity index (χ4v) is 2.62. The van der Waals surface area contributed by atoms with Crippen LogP contribution in [-0.4, -0.2) is 36.3 Å². The molecule has 0 atom stereocenters. The fraction of sp³-hybridized carbons (Fsp3) is 0.650. The van der Waals surface area contributed by atoms with Crippen LogP contribution < -0.4 is 0 Å². The minimum Gasteiger partial charge on any atom is -0.445 e. The first kappa shape index (κ1) is 20.5. The number of ether oxygens (including phenoxy) is 1. The molecule has 0 fully saturated rings. The number of amides is 1. The van der Waals surface area contributed by atoms with Crippen LogP contribution in [-0.2, 0) is 11.3 Å². The minimum absolute atomic E-state index is 0.247. The molecule has 4 heteroatoms. The second-order valence-corrected chi connectivity index (χ2v) is 6.37. The van der Waals surface area contributed by atoms with Crippen LogP contribution in [0.3, 0.4) is 0 Å². The van der Waals surface area contributed by atoms with Gasteiger partial charge in [0.05, 0.1) is 0 Å². The van der Waals surface area contributed by atoms with Crippen LogP contribution in [0.1, 0.15) is 63.4 Å². The molecule has 136 valence electrons. The molecule has 1 amide bonds. The van der Waals surface area contributed by atoms with Crippen molar-refractivity contribution in [3.05, 3.63) is 35.9 Å². The van der Waals surface area contributed by atoms with Gasteiger partial charge in [-0.25, -0.2) is 4.79 Å². The smallest absolute Gasteiger partial charge is 0.409 e. The third kappa shape index (κ3) is 10.3. The average molecular weight is 335 g/mol. The zero-order chi connectivity index (χ0) is 17.5. The van der Waals surface area contributed by atoms with Gasteiger partial charge in [-0.05, 0) is 18.4 Å². The molecule has 0 spiro atoms. The van der Waals surface area contributed by atoms with Gasteiger partial charge >= 0.3 is 6.09 Å². The molecule has 0 aliphatic carbocycles. The zero-order valence-electron chi connectivity index (χ0n) is 15.1. The van der Waals surface area contributed by atoms with E-state index in [-0.39, 0.29) is 6.09 Å². The van der Waals surface area contributed by atoms with Crippen molar-refractivity contribution in [2.45, 2.75) is 64.4 Å².